The molecule has 1 aliphatic rings. The number of benzene rings is 1. The van der Waals surface area contributed by atoms with Crippen LogP contribution in [0, 0.1) is 5.92 Å². The van der Waals surface area contributed by atoms with Crippen LogP contribution in [0.25, 0.3) is 0 Å². The fourth-order valence-corrected chi connectivity index (χ4v) is 2.40. The van der Waals surface area contributed by atoms with E-state index in [1.165, 1.54) is 0 Å². The standard InChI is InChI=1S/C16H21F2NO2/c1-2-6-21-14-5-3-4-12(7-14)8-15(20)19-11-13-9-16(17,18)10-13/h3-5,7,13H,2,6,8-11H2,1H3,(H,19,20). The minimum Gasteiger partial charge on any atom is -0.494 e. The van der Waals surface area contributed by atoms with E-state index in [0.717, 1.165) is 17.7 Å². The molecule has 1 aliphatic carbocycles. The Labute approximate surface area is 123 Å². The highest BCUT2D eigenvalue weighted by molar-refractivity contribution is 5.78. The van der Waals surface area contributed by atoms with E-state index in [1.54, 1.807) is 0 Å². The second kappa shape index (κ2) is 6.87. The average molecular weight is 297 g/mol. The van der Waals surface area contributed by atoms with Gasteiger partial charge in [0.05, 0.1) is 13.0 Å². The summed E-state index contributed by atoms with van der Waals surface area (Å²) < 4.78 is 30.9. The second-order valence-electron chi connectivity index (χ2n) is 5.61. The van der Waals surface area contributed by atoms with Crippen LogP contribution in [0.1, 0.15) is 31.7 Å². The van der Waals surface area contributed by atoms with Gasteiger partial charge >= 0.3 is 0 Å². The summed E-state index contributed by atoms with van der Waals surface area (Å²) in [5.74, 6) is -2.01. The van der Waals surface area contributed by atoms with Gasteiger partial charge in [-0.05, 0) is 30.0 Å². The van der Waals surface area contributed by atoms with Crippen molar-refractivity contribution in [2.45, 2.75) is 38.5 Å². The fraction of sp³-hybridized carbons (Fsp3) is 0.562. The number of rotatable bonds is 7. The molecule has 116 valence electrons. The molecule has 0 bridgehead atoms. The lowest BCUT2D eigenvalue weighted by atomic mass is 9.81. The summed E-state index contributed by atoms with van der Waals surface area (Å²) in [6.07, 6.45) is 0.935. The monoisotopic (exact) mass is 297 g/mol. The highest BCUT2D eigenvalue weighted by atomic mass is 19.3. The van der Waals surface area contributed by atoms with Crippen molar-refractivity contribution in [3.8, 4) is 5.75 Å². The Balaban J connectivity index is 1.74. The quantitative estimate of drug-likeness (QED) is 0.839. The van der Waals surface area contributed by atoms with Gasteiger partial charge in [-0.25, -0.2) is 8.78 Å². The molecule has 1 N–H and O–H groups in total. The van der Waals surface area contributed by atoms with Gasteiger partial charge in [-0.15, -0.1) is 0 Å². The molecular weight excluding hydrogens is 276 g/mol. The Kier molecular flexibility index (Phi) is 5.15. The summed E-state index contributed by atoms with van der Waals surface area (Å²) in [5, 5.41) is 2.72. The van der Waals surface area contributed by atoms with Crippen molar-refractivity contribution in [2.75, 3.05) is 13.2 Å². The summed E-state index contributed by atoms with van der Waals surface area (Å²) >= 11 is 0. The predicted octanol–water partition coefficient (Wildman–Crippen LogP) is 3.18. The van der Waals surface area contributed by atoms with Gasteiger partial charge in [0.25, 0.3) is 0 Å². The second-order valence-corrected chi connectivity index (χ2v) is 5.61. The van der Waals surface area contributed by atoms with Crippen LogP contribution in [0.2, 0.25) is 0 Å². The Morgan fingerprint density at radius 3 is 2.86 bits per heavy atom. The molecule has 0 aromatic heterocycles. The molecule has 0 atom stereocenters. The van der Waals surface area contributed by atoms with Gasteiger partial charge in [-0.1, -0.05) is 19.1 Å². The Morgan fingerprint density at radius 2 is 2.19 bits per heavy atom. The molecule has 0 spiro atoms. The fourth-order valence-electron chi connectivity index (χ4n) is 2.40. The van der Waals surface area contributed by atoms with Crippen molar-refractivity contribution >= 4 is 5.91 Å². The van der Waals surface area contributed by atoms with Gasteiger partial charge in [0.15, 0.2) is 0 Å². The number of hydrogen-bond donors (Lipinski definition) is 1. The van der Waals surface area contributed by atoms with Crippen molar-refractivity contribution < 1.29 is 18.3 Å². The van der Waals surface area contributed by atoms with E-state index in [2.05, 4.69) is 5.32 Å². The number of nitrogens with one attached hydrogen (secondary N) is 1. The first-order valence-electron chi connectivity index (χ1n) is 7.35. The number of hydrogen-bond acceptors (Lipinski definition) is 2. The first-order valence-corrected chi connectivity index (χ1v) is 7.35. The largest absolute Gasteiger partial charge is 0.494 e. The van der Waals surface area contributed by atoms with Crippen molar-refractivity contribution in [2.24, 2.45) is 5.92 Å². The van der Waals surface area contributed by atoms with E-state index in [1.807, 2.05) is 31.2 Å². The third kappa shape index (κ3) is 4.99. The molecule has 21 heavy (non-hydrogen) atoms. The van der Waals surface area contributed by atoms with Gasteiger partial charge in [0.1, 0.15) is 5.75 Å². The van der Waals surface area contributed by atoms with Crippen LogP contribution in [0.4, 0.5) is 8.78 Å². The van der Waals surface area contributed by atoms with E-state index in [4.69, 9.17) is 4.74 Å². The van der Waals surface area contributed by atoms with E-state index in [-0.39, 0.29) is 31.1 Å². The summed E-state index contributed by atoms with van der Waals surface area (Å²) in [6, 6.07) is 7.40. The highest BCUT2D eigenvalue weighted by Gasteiger charge is 2.44. The molecule has 3 nitrogen and oxygen atoms in total. The van der Waals surface area contributed by atoms with Gasteiger partial charge in [0.2, 0.25) is 11.8 Å². The van der Waals surface area contributed by atoms with Crippen LogP contribution in [0.5, 0.6) is 5.75 Å². The number of ether oxygens (including phenoxy) is 1. The van der Waals surface area contributed by atoms with Gasteiger partial charge in [0, 0.05) is 19.4 Å². The minimum absolute atomic E-state index is 0.0943. The van der Waals surface area contributed by atoms with Crippen molar-refractivity contribution in [1.29, 1.82) is 0 Å². The van der Waals surface area contributed by atoms with Crippen LogP contribution in [0.15, 0.2) is 24.3 Å². The number of halogens is 2. The lowest BCUT2D eigenvalue weighted by Gasteiger charge is -2.34. The van der Waals surface area contributed by atoms with Crippen LogP contribution in [0.3, 0.4) is 0 Å². The molecular formula is C16H21F2NO2. The maximum Gasteiger partial charge on any atom is 0.248 e. The van der Waals surface area contributed by atoms with Gasteiger partial charge < -0.3 is 10.1 Å². The summed E-state index contributed by atoms with van der Waals surface area (Å²) in [5.41, 5.74) is 0.861. The van der Waals surface area contributed by atoms with Crippen LogP contribution >= 0.6 is 0 Å². The molecule has 1 fully saturated rings. The first kappa shape index (κ1) is 15.7. The zero-order chi connectivity index (χ0) is 15.3. The molecule has 0 unspecified atom stereocenters. The van der Waals surface area contributed by atoms with Crippen LogP contribution in [-0.4, -0.2) is 25.0 Å². The number of alkyl halides is 2. The average Bonchev–Trinajstić information content (AvgIpc) is 2.41. The van der Waals surface area contributed by atoms with E-state index >= 15 is 0 Å². The summed E-state index contributed by atoms with van der Waals surface area (Å²) in [4.78, 5) is 11.8. The first-order chi connectivity index (χ1) is 9.98. The van der Waals surface area contributed by atoms with Crippen molar-refractivity contribution in [3.63, 3.8) is 0 Å². The number of carbonyl (C=O) groups is 1. The zero-order valence-corrected chi connectivity index (χ0v) is 12.2. The van der Waals surface area contributed by atoms with Crippen LogP contribution in [-0.2, 0) is 11.2 Å². The Hall–Kier alpha value is -1.65. The smallest absolute Gasteiger partial charge is 0.248 e. The SMILES string of the molecule is CCCOc1cccc(CC(=O)NCC2CC(F)(F)C2)c1. The van der Waals surface area contributed by atoms with Crippen molar-refractivity contribution in [3.05, 3.63) is 29.8 Å². The normalized spacial score (nSPS) is 17.1. The maximum atomic E-state index is 12.7. The molecule has 1 aromatic rings. The third-order valence-corrected chi connectivity index (χ3v) is 3.50. The molecule has 2 rings (SSSR count). The molecule has 0 saturated heterocycles. The van der Waals surface area contributed by atoms with Gasteiger partial charge in [-0.2, -0.15) is 0 Å². The topological polar surface area (TPSA) is 38.3 Å². The third-order valence-electron chi connectivity index (χ3n) is 3.50. The zero-order valence-electron chi connectivity index (χ0n) is 12.2. The Bertz CT molecular complexity index is 483. The Morgan fingerprint density at radius 1 is 1.43 bits per heavy atom. The number of carbonyl (C=O) groups excluding carboxylic acids is 1. The lowest BCUT2D eigenvalue weighted by molar-refractivity contribution is -0.125. The number of amides is 1. The molecule has 0 radical (unpaired) electrons. The van der Waals surface area contributed by atoms with Crippen molar-refractivity contribution in [1.82, 2.24) is 5.32 Å². The van der Waals surface area contributed by atoms with E-state index in [0.29, 0.717) is 13.2 Å². The maximum absolute atomic E-state index is 12.7. The highest BCUT2D eigenvalue weighted by Crippen LogP contribution is 2.41. The molecule has 5 heteroatoms. The molecule has 0 heterocycles. The predicted molar refractivity (Wildman–Crippen MR) is 76.6 cm³/mol. The van der Waals surface area contributed by atoms with E-state index < -0.39 is 5.92 Å². The van der Waals surface area contributed by atoms with Crippen LogP contribution < -0.4 is 10.1 Å². The van der Waals surface area contributed by atoms with E-state index in [9.17, 15) is 13.6 Å². The summed E-state index contributed by atoms with van der Waals surface area (Å²) in [6.45, 7) is 3.01. The summed E-state index contributed by atoms with van der Waals surface area (Å²) in [7, 11) is 0. The molecule has 1 aromatic carbocycles. The molecule has 1 amide bonds. The lowest BCUT2D eigenvalue weighted by Crippen LogP contribution is -2.42. The van der Waals surface area contributed by atoms with Gasteiger partial charge in [-0.3, -0.25) is 4.79 Å². The molecule has 0 aliphatic heterocycles. The minimum atomic E-state index is -2.53. The molecule has 1 saturated carbocycles.